The summed E-state index contributed by atoms with van der Waals surface area (Å²) in [6, 6.07) is 2.09. The summed E-state index contributed by atoms with van der Waals surface area (Å²) in [7, 11) is 0. The average molecular weight is 315 g/mol. The van der Waals surface area contributed by atoms with E-state index in [2.05, 4.69) is 48.4 Å². The lowest BCUT2D eigenvalue weighted by atomic mass is 9.96. The second-order valence-electron chi connectivity index (χ2n) is 5.98. The Morgan fingerprint density at radius 3 is 3.09 bits per heavy atom. The predicted molar refractivity (Wildman–Crippen MR) is 89.5 cm³/mol. The van der Waals surface area contributed by atoms with Crippen molar-refractivity contribution in [1.82, 2.24) is 30.0 Å². The molecule has 0 aromatic carbocycles. The molecule has 0 bridgehead atoms. The number of aromatic nitrogens is 5. The Morgan fingerprint density at radius 1 is 1.39 bits per heavy atom. The smallest absolute Gasteiger partial charge is 0.134 e. The van der Waals surface area contributed by atoms with Crippen molar-refractivity contribution in [2.75, 3.05) is 25.0 Å². The van der Waals surface area contributed by atoms with E-state index in [1.165, 1.54) is 12.8 Å². The quantitative estimate of drug-likeness (QED) is 0.841. The number of rotatable bonds is 6. The molecule has 0 saturated carbocycles. The lowest BCUT2D eigenvalue weighted by Crippen LogP contribution is -2.29. The first-order valence-corrected chi connectivity index (χ1v) is 8.43. The molecule has 1 fully saturated rings. The molecule has 0 spiro atoms. The molecule has 1 aliphatic heterocycles. The molecular formula is C16H25N7. The molecule has 2 N–H and O–H groups in total. The van der Waals surface area contributed by atoms with Gasteiger partial charge < -0.3 is 15.2 Å². The fourth-order valence-electron chi connectivity index (χ4n) is 3.03. The van der Waals surface area contributed by atoms with Gasteiger partial charge in [0.2, 0.25) is 0 Å². The topological polar surface area (TPSA) is 80.5 Å². The van der Waals surface area contributed by atoms with Gasteiger partial charge in [0, 0.05) is 38.0 Å². The van der Waals surface area contributed by atoms with Crippen LogP contribution in [0, 0.1) is 6.92 Å². The van der Waals surface area contributed by atoms with E-state index in [0.29, 0.717) is 5.92 Å². The van der Waals surface area contributed by atoms with Gasteiger partial charge in [-0.15, -0.1) is 10.2 Å². The Labute approximate surface area is 136 Å². The van der Waals surface area contributed by atoms with Gasteiger partial charge >= 0.3 is 0 Å². The van der Waals surface area contributed by atoms with Crippen molar-refractivity contribution in [2.24, 2.45) is 0 Å². The van der Waals surface area contributed by atoms with Gasteiger partial charge in [-0.1, -0.05) is 0 Å². The van der Waals surface area contributed by atoms with E-state index in [4.69, 9.17) is 0 Å². The molecular weight excluding hydrogens is 290 g/mol. The number of piperidine rings is 1. The maximum Gasteiger partial charge on any atom is 0.134 e. The standard InChI is InChI=1S/C16H25N7/c1-3-23-11-19-22-16(23)6-8-18-15-9-14(20-12(2)21-15)13-5-4-7-17-10-13/h9,11,13,17H,3-8,10H2,1-2H3,(H,18,20,21)/t13-/m0/s1. The molecule has 1 atom stereocenters. The van der Waals surface area contributed by atoms with E-state index in [0.717, 1.165) is 55.8 Å². The Morgan fingerprint density at radius 2 is 2.30 bits per heavy atom. The highest BCUT2D eigenvalue weighted by molar-refractivity contribution is 5.37. The number of hydrogen-bond donors (Lipinski definition) is 2. The van der Waals surface area contributed by atoms with Crippen molar-refractivity contribution in [3.05, 3.63) is 29.7 Å². The lowest BCUT2D eigenvalue weighted by Gasteiger charge is -2.22. The first-order valence-electron chi connectivity index (χ1n) is 8.43. The fraction of sp³-hybridized carbons (Fsp3) is 0.625. The Hall–Kier alpha value is -2.02. The minimum atomic E-state index is 0.495. The SMILES string of the molecule is CCn1cnnc1CCNc1cc([C@H]2CCCNC2)nc(C)n1. The van der Waals surface area contributed by atoms with Gasteiger partial charge in [0.1, 0.15) is 23.8 Å². The Kier molecular flexibility index (Phi) is 5.17. The monoisotopic (exact) mass is 315 g/mol. The summed E-state index contributed by atoms with van der Waals surface area (Å²) in [5.41, 5.74) is 1.14. The molecule has 3 heterocycles. The van der Waals surface area contributed by atoms with E-state index in [9.17, 15) is 0 Å². The predicted octanol–water partition coefficient (Wildman–Crippen LogP) is 1.52. The van der Waals surface area contributed by atoms with Crippen LogP contribution in [0.2, 0.25) is 0 Å². The van der Waals surface area contributed by atoms with Crippen LogP contribution in [0.4, 0.5) is 5.82 Å². The van der Waals surface area contributed by atoms with Crippen molar-refractivity contribution in [2.45, 2.75) is 45.6 Å². The van der Waals surface area contributed by atoms with Crippen LogP contribution in [0.3, 0.4) is 0 Å². The largest absolute Gasteiger partial charge is 0.370 e. The number of nitrogens with one attached hydrogen (secondary N) is 2. The summed E-state index contributed by atoms with van der Waals surface area (Å²) in [6.07, 6.45) is 5.02. The van der Waals surface area contributed by atoms with Crippen molar-refractivity contribution < 1.29 is 0 Å². The van der Waals surface area contributed by atoms with E-state index in [1.54, 1.807) is 6.33 Å². The molecule has 0 radical (unpaired) electrons. The van der Waals surface area contributed by atoms with E-state index in [1.807, 2.05) is 6.92 Å². The zero-order valence-electron chi connectivity index (χ0n) is 13.9. The van der Waals surface area contributed by atoms with E-state index in [-0.39, 0.29) is 0 Å². The molecule has 1 aliphatic rings. The normalized spacial score (nSPS) is 18.1. The zero-order valence-corrected chi connectivity index (χ0v) is 13.9. The molecule has 3 rings (SSSR count). The van der Waals surface area contributed by atoms with E-state index >= 15 is 0 Å². The second kappa shape index (κ2) is 7.50. The van der Waals surface area contributed by atoms with Gasteiger partial charge in [-0.2, -0.15) is 0 Å². The number of nitrogens with zero attached hydrogens (tertiary/aromatic N) is 5. The molecule has 23 heavy (non-hydrogen) atoms. The van der Waals surface area contributed by atoms with Crippen LogP contribution in [-0.4, -0.2) is 44.4 Å². The lowest BCUT2D eigenvalue weighted by molar-refractivity contribution is 0.453. The van der Waals surface area contributed by atoms with Crippen LogP contribution in [0.5, 0.6) is 0 Å². The van der Waals surface area contributed by atoms with Gasteiger partial charge in [-0.05, 0) is 33.2 Å². The third kappa shape index (κ3) is 4.04. The Bertz CT molecular complexity index is 631. The summed E-state index contributed by atoms with van der Waals surface area (Å²) in [4.78, 5) is 9.13. The van der Waals surface area contributed by atoms with Crippen molar-refractivity contribution in [1.29, 1.82) is 0 Å². The number of anilines is 1. The molecule has 124 valence electrons. The van der Waals surface area contributed by atoms with Crippen LogP contribution in [-0.2, 0) is 13.0 Å². The van der Waals surface area contributed by atoms with Crippen LogP contribution in [0.1, 0.15) is 43.0 Å². The molecule has 0 aliphatic carbocycles. The highest BCUT2D eigenvalue weighted by Gasteiger charge is 2.17. The Balaban J connectivity index is 1.62. The van der Waals surface area contributed by atoms with Crippen LogP contribution in [0.25, 0.3) is 0 Å². The van der Waals surface area contributed by atoms with Crippen molar-refractivity contribution in [3.8, 4) is 0 Å². The summed E-state index contributed by atoms with van der Waals surface area (Å²) in [6.45, 7) is 7.86. The number of aryl methyl sites for hydroxylation is 2. The van der Waals surface area contributed by atoms with Gasteiger partial charge in [0.05, 0.1) is 5.69 Å². The maximum atomic E-state index is 4.63. The highest BCUT2D eigenvalue weighted by atomic mass is 15.3. The van der Waals surface area contributed by atoms with Gasteiger partial charge in [0.25, 0.3) is 0 Å². The number of hydrogen-bond acceptors (Lipinski definition) is 6. The minimum Gasteiger partial charge on any atom is -0.370 e. The van der Waals surface area contributed by atoms with Crippen LogP contribution >= 0.6 is 0 Å². The molecule has 7 heteroatoms. The minimum absolute atomic E-state index is 0.495. The molecule has 2 aromatic rings. The van der Waals surface area contributed by atoms with Gasteiger partial charge in [-0.25, -0.2) is 9.97 Å². The fourth-order valence-corrected chi connectivity index (χ4v) is 3.03. The van der Waals surface area contributed by atoms with Crippen LogP contribution < -0.4 is 10.6 Å². The van der Waals surface area contributed by atoms with Crippen molar-refractivity contribution in [3.63, 3.8) is 0 Å². The highest BCUT2D eigenvalue weighted by Crippen LogP contribution is 2.23. The summed E-state index contributed by atoms with van der Waals surface area (Å²) in [5, 5.41) is 15.0. The van der Waals surface area contributed by atoms with E-state index < -0.39 is 0 Å². The molecule has 1 saturated heterocycles. The van der Waals surface area contributed by atoms with Gasteiger partial charge in [-0.3, -0.25) is 0 Å². The third-order valence-electron chi connectivity index (χ3n) is 4.26. The van der Waals surface area contributed by atoms with Crippen molar-refractivity contribution >= 4 is 5.82 Å². The first kappa shape index (κ1) is 15.9. The molecule has 0 unspecified atom stereocenters. The third-order valence-corrected chi connectivity index (χ3v) is 4.26. The summed E-state index contributed by atoms with van der Waals surface area (Å²) in [5.74, 6) is 3.23. The summed E-state index contributed by atoms with van der Waals surface area (Å²) >= 11 is 0. The first-order chi connectivity index (χ1) is 11.3. The summed E-state index contributed by atoms with van der Waals surface area (Å²) < 4.78 is 2.06. The average Bonchev–Trinajstić information content (AvgIpc) is 3.03. The maximum absolute atomic E-state index is 4.63. The van der Waals surface area contributed by atoms with Crippen LogP contribution in [0.15, 0.2) is 12.4 Å². The molecule has 7 nitrogen and oxygen atoms in total. The molecule has 0 amide bonds. The van der Waals surface area contributed by atoms with Gasteiger partial charge in [0.15, 0.2) is 0 Å². The second-order valence-corrected chi connectivity index (χ2v) is 5.98. The zero-order chi connectivity index (χ0) is 16.1. The molecule has 2 aromatic heterocycles.